The van der Waals surface area contributed by atoms with E-state index >= 15 is 0 Å². The lowest BCUT2D eigenvalue weighted by molar-refractivity contribution is 0.442. The number of hydrogen-bond donors (Lipinski definition) is 1. The fraction of sp³-hybridized carbons (Fsp3) is 0.235. The summed E-state index contributed by atoms with van der Waals surface area (Å²) in [7, 11) is 0. The van der Waals surface area contributed by atoms with Crippen molar-refractivity contribution in [1.82, 2.24) is 5.01 Å². The lowest BCUT2D eigenvalue weighted by Crippen LogP contribution is -2.35. The van der Waals surface area contributed by atoms with Crippen molar-refractivity contribution >= 4 is 5.84 Å². The number of hydrazine groups is 1. The normalized spacial score (nSPS) is 17.7. The number of aliphatic imine (C=N–C) groups is 1. The molecule has 2 aromatic rings. The number of nitrogens with two attached hydrogens (primary N) is 1. The van der Waals surface area contributed by atoms with Crippen LogP contribution in [0.4, 0.5) is 8.78 Å². The Hall–Kier alpha value is -2.27. The molecule has 1 aliphatic rings. The first kappa shape index (κ1) is 14.7. The fourth-order valence-corrected chi connectivity index (χ4v) is 2.69. The van der Waals surface area contributed by atoms with Crippen molar-refractivity contribution in [2.45, 2.75) is 19.4 Å². The summed E-state index contributed by atoms with van der Waals surface area (Å²) in [6, 6.07) is 11.9. The highest BCUT2D eigenvalue weighted by Crippen LogP contribution is 2.27. The van der Waals surface area contributed by atoms with Crippen molar-refractivity contribution in [1.29, 1.82) is 0 Å². The Labute approximate surface area is 128 Å². The van der Waals surface area contributed by atoms with Crippen molar-refractivity contribution in [3.05, 3.63) is 70.8 Å². The van der Waals surface area contributed by atoms with Crippen LogP contribution in [-0.4, -0.2) is 17.4 Å². The van der Waals surface area contributed by atoms with E-state index in [-0.39, 0.29) is 6.04 Å². The van der Waals surface area contributed by atoms with E-state index in [2.05, 4.69) is 4.99 Å². The average Bonchev–Trinajstić information content (AvgIpc) is 2.84. The molecule has 0 aromatic heterocycles. The third-order valence-corrected chi connectivity index (χ3v) is 3.90. The van der Waals surface area contributed by atoms with Gasteiger partial charge >= 0.3 is 0 Å². The number of aryl methyl sites for hydroxylation is 1. The largest absolute Gasteiger partial charge is 0.296 e. The standard InChI is InChI=1S/C17H17F2N3/c1-11-4-2-3-5-13(11)16-10-22(20)17(21-16)9-12-6-7-14(18)15(19)8-12/h2-8,16H,9-10,20H2,1H3. The quantitative estimate of drug-likeness (QED) is 0.885. The third kappa shape index (κ3) is 2.85. The van der Waals surface area contributed by atoms with Crippen LogP contribution in [0.15, 0.2) is 47.5 Å². The van der Waals surface area contributed by atoms with Crippen LogP contribution < -0.4 is 5.84 Å². The molecule has 3 nitrogen and oxygen atoms in total. The maximum atomic E-state index is 13.3. The highest BCUT2D eigenvalue weighted by atomic mass is 19.2. The molecule has 5 heteroatoms. The predicted molar refractivity (Wildman–Crippen MR) is 82.3 cm³/mol. The van der Waals surface area contributed by atoms with Crippen LogP contribution in [0.1, 0.15) is 22.7 Å². The number of hydrogen-bond acceptors (Lipinski definition) is 3. The Kier molecular flexibility index (Phi) is 3.90. The molecule has 3 rings (SSSR count). The van der Waals surface area contributed by atoms with Gasteiger partial charge in [-0.1, -0.05) is 30.3 Å². The molecule has 1 atom stereocenters. The van der Waals surface area contributed by atoms with E-state index in [1.807, 2.05) is 31.2 Å². The molecule has 0 aliphatic carbocycles. The molecule has 0 radical (unpaired) electrons. The van der Waals surface area contributed by atoms with Gasteiger partial charge < -0.3 is 0 Å². The molecule has 0 saturated heterocycles. The van der Waals surface area contributed by atoms with Gasteiger partial charge in [0.15, 0.2) is 11.6 Å². The molecule has 2 N–H and O–H groups in total. The molecule has 0 bridgehead atoms. The van der Waals surface area contributed by atoms with Crippen LogP contribution in [0, 0.1) is 18.6 Å². The number of nitrogens with zero attached hydrogens (tertiary/aromatic N) is 2. The highest BCUT2D eigenvalue weighted by Gasteiger charge is 2.25. The van der Waals surface area contributed by atoms with Gasteiger partial charge in [-0.3, -0.25) is 10.0 Å². The minimum atomic E-state index is -0.852. The number of benzene rings is 2. The minimum Gasteiger partial charge on any atom is -0.296 e. The zero-order valence-electron chi connectivity index (χ0n) is 12.3. The van der Waals surface area contributed by atoms with Crippen LogP contribution in [0.25, 0.3) is 0 Å². The average molecular weight is 301 g/mol. The van der Waals surface area contributed by atoms with E-state index in [9.17, 15) is 8.78 Å². The van der Waals surface area contributed by atoms with Gasteiger partial charge in [0.25, 0.3) is 0 Å². The summed E-state index contributed by atoms with van der Waals surface area (Å²) in [6.07, 6.45) is 0.385. The maximum absolute atomic E-state index is 13.3. The topological polar surface area (TPSA) is 41.6 Å². The molecule has 114 valence electrons. The Morgan fingerprint density at radius 3 is 2.68 bits per heavy atom. The van der Waals surface area contributed by atoms with E-state index < -0.39 is 11.6 Å². The van der Waals surface area contributed by atoms with Crippen molar-refractivity contribution in [2.24, 2.45) is 10.8 Å². The van der Waals surface area contributed by atoms with Gasteiger partial charge in [0.1, 0.15) is 5.84 Å². The number of rotatable bonds is 3. The van der Waals surface area contributed by atoms with Crippen LogP contribution in [0.2, 0.25) is 0 Å². The molecule has 2 aromatic carbocycles. The molecular formula is C17H17F2N3. The van der Waals surface area contributed by atoms with Crippen LogP contribution in [0.5, 0.6) is 0 Å². The van der Waals surface area contributed by atoms with Crippen molar-refractivity contribution in [3.63, 3.8) is 0 Å². The Morgan fingerprint density at radius 2 is 1.95 bits per heavy atom. The van der Waals surface area contributed by atoms with Gasteiger partial charge in [-0.2, -0.15) is 0 Å². The van der Waals surface area contributed by atoms with Gasteiger partial charge in [0.2, 0.25) is 0 Å². The predicted octanol–water partition coefficient (Wildman–Crippen LogP) is 3.14. The molecule has 0 fully saturated rings. The maximum Gasteiger partial charge on any atom is 0.159 e. The first-order chi connectivity index (χ1) is 10.5. The summed E-state index contributed by atoms with van der Waals surface area (Å²) in [5.74, 6) is 4.99. The second-order valence-corrected chi connectivity index (χ2v) is 5.50. The molecule has 1 unspecified atom stereocenters. The summed E-state index contributed by atoms with van der Waals surface area (Å²) < 4.78 is 26.3. The molecule has 1 aliphatic heterocycles. The van der Waals surface area contributed by atoms with E-state index in [4.69, 9.17) is 5.84 Å². The monoisotopic (exact) mass is 301 g/mol. The molecule has 1 heterocycles. The summed E-state index contributed by atoms with van der Waals surface area (Å²) in [5.41, 5.74) is 2.95. The lowest BCUT2D eigenvalue weighted by Gasteiger charge is -2.15. The highest BCUT2D eigenvalue weighted by molar-refractivity contribution is 5.85. The second kappa shape index (κ2) is 5.85. The van der Waals surface area contributed by atoms with E-state index in [0.717, 1.165) is 11.6 Å². The van der Waals surface area contributed by atoms with Crippen LogP contribution in [-0.2, 0) is 6.42 Å². The summed E-state index contributed by atoms with van der Waals surface area (Å²) in [5, 5.41) is 1.58. The van der Waals surface area contributed by atoms with Crippen molar-refractivity contribution in [3.8, 4) is 0 Å². The molecule has 0 spiro atoms. The van der Waals surface area contributed by atoms with E-state index in [0.29, 0.717) is 24.4 Å². The van der Waals surface area contributed by atoms with Crippen molar-refractivity contribution in [2.75, 3.05) is 6.54 Å². The summed E-state index contributed by atoms with van der Waals surface area (Å²) in [4.78, 5) is 4.65. The lowest BCUT2D eigenvalue weighted by atomic mass is 10.0. The number of halogens is 2. The smallest absolute Gasteiger partial charge is 0.159 e. The molecule has 22 heavy (non-hydrogen) atoms. The van der Waals surface area contributed by atoms with Gasteiger partial charge in [-0.25, -0.2) is 14.6 Å². The fourth-order valence-electron chi connectivity index (χ4n) is 2.69. The zero-order chi connectivity index (χ0) is 15.7. The summed E-state index contributed by atoms with van der Waals surface area (Å²) in [6.45, 7) is 2.63. The number of amidine groups is 1. The minimum absolute atomic E-state index is 0.0218. The van der Waals surface area contributed by atoms with Crippen LogP contribution >= 0.6 is 0 Å². The van der Waals surface area contributed by atoms with E-state index in [1.54, 1.807) is 11.1 Å². The Balaban J connectivity index is 1.83. The Bertz CT molecular complexity index is 728. The van der Waals surface area contributed by atoms with Crippen LogP contribution in [0.3, 0.4) is 0 Å². The molecular weight excluding hydrogens is 284 g/mol. The van der Waals surface area contributed by atoms with Gasteiger partial charge in [0.05, 0.1) is 12.6 Å². The SMILES string of the molecule is Cc1ccccc1C1CN(N)C(Cc2ccc(F)c(F)c2)=N1. The van der Waals surface area contributed by atoms with Gasteiger partial charge in [0, 0.05) is 6.42 Å². The molecule has 0 amide bonds. The van der Waals surface area contributed by atoms with Gasteiger partial charge in [-0.05, 0) is 35.7 Å². The molecule has 0 saturated carbocycles. The Morgan fingerprint density at radius 1 is 1.18 bits per heavy atom. The van der Waals surface area contributed by atoms with Crippen molar-refractivity contribution < 1.29 is 8.78 Å². The first-order valence-corrected chi connectivity index (χ1v) is 7.13. The van der Waals surface area contributed by atoms with Gasteiger partial charge in [-0.15, -0.1) is 0 Å². The zero-order valence-corrected chi connectivity index (χ0v) is 12.3. The van der Waals surface area contributed by atoms with E-state index in [1.165, 1.54) is 11.6 Å². The second-order valence-electron chi connectivity index (χ2n) is 5.50. The summed E-state index contributed by atoms with van der Waals surface area (Å²) >= 11 is 0. The first-order valence-electron chi connectivity index (χ1n) is 7.13. The third-order valence-electron chi connectivity index (χ3n) is 3.90.